The van der Waals surface area contributed by atoms with Crippen LogP contribution < -0.4 is 5.32 Å². The summed E-state index contributed by atoms with van der Waals surface area (Å²) in [7, 11) is 1.53. The molecule has 2 aromatic carbocycles. The van der Waals surface area contributed by atoms with E-state index in [9.17, 15) is 14.4 Å². The van der Waals surface area contributed by atoms with Gasteiger partial charge in [-0.3, -0.25) is 4.79 Å². The number of hydrogen-bond donors (Lipinski definition) is 1. The van der Waals surface area contributed by atoms with Gasteiger partial charge in [0, 0.05) is 13.5 Å². The fourth-order valence-electron chi connectivity index (χ4n) is 3.05. The first-order chi connectivity index (χ1) is 15.1. The molecule has 0 saturated heterocycles. The van der Waals surface area contributed by atoms with Crippen LogP contribution in [0, 0.1) is 0 Å². The highest BCUT2D eigenvalue weighted by molar-refractivity contribution is 5.89. The summed E-state index contributed by atoms with van der Waals surface area (Å²) in [6.45, 7) is 6.88. The molecule has 0 aliphatic carbocycles. The normalized spacial score (nSPS) is 12.9. The fraction of sp³-hybridized carbons (Fsp3) is 0.400. The van der Waals surface area contributed by atoms with E-state index in [1.807, 2.05) is 60.7 Å². The molecule has 0 aliphatic heterocycles. The molecule has 2 aromatic rings. The summed E-state index contributed by atoms with van der Waals surface area (Å²) in [5, 5.41) is 2.53. The van der Waals surface area contributed by atoms with Gasteiger partial charge in [0.05, 0.1) is 0 Å². The maximum Gasteiger partial charge on any atom is 0.408 e. The molecule has 0 unspecified atom stereocenters. The van der Waals surface area contributed by atoms with Gasteiger partial charge in [0.1, 0.15) is 24.3 Å². The molecule has 2 amide bonds. The summed E-state index contributed by atoms with van der Waals surface area (Å²) in [6, 6.07) is 17.0. The monoisotopic (exact) mass is 440 g/mol. The van der Waals surface area contributed by atoms with Crippen LogP contribution in [0.15, 0.2) is 60.7 Å². The Bertz CT molecular complexity index is 894. The second kappa shape index (κ2) is 11.3. The van der Waals surface area contributed by atoms with Crippen LogP contribution in [0.1, 0.15) is 38.8 Å². The third-order valence-corrected chi connectivity index (χ3v) is 4.69. The molecule has 0 radical (unpaired) electrons. The van der Waals surface area contributed by atoms with Crippen LogP contribution >= 0.6 is 0 Å². The summed E-state index contributed by atoms with van der Waals surface area (Å²) < 4.78 is 10.7. The first-order valence-corrected chi connectivity index (χ1v) is 10.6. The number of hydrogen-bond acceptors (Lipinski definition) is 5. The van der Waals surface area contributed by atoms with E-state index < -0.39 is 35.7 Å². The molecule has 0 saturated carbocycles. The number of amides is 2. The molecule has 0 bridgehead atoms. The summed E-state index contributed by atoms with van der Waals surface area (Å²) >= 11 is 0. The van der Waals surface area contributed by atoms with Crippen molar-refractivity contribution in [3.8, 4) is 0 Å². The third-order valence-electron chi connectivity index (χ3n) is 4.69. The minimum Gasteiger partial charge on any atom is -0.459 e. The van der Waals surface area contributed by atoms with Crippen LogP contribution in [-0.2, 0) is 32.1 Å². The number of rotatable bonds is 8. The predicted molar refractivity (Wildman–Crippen MR) is 122 cm³/mol. The average molecular weight is 441 g/mol. The zero-order chi connectivity index (χ0) is 23.7. The zero-order valence-electron chi connectivity index (χ0n) is 19.3. The molecule has 0 heterocycles. The molecular formula is C25H32N2O5. The molecule has 2 rings (SSSR count). The smallest absolute Gasteiger partial charge is 0.408 e. The van der Waals surface area contributed by atoms with Crippen molar-refractivity contribution in [2.75, 3.05) is 7.05 Å². The van der Waals surface area contributed by atoms with Gasteiger partial charge < -0.3 is 19.7 Å². The minimum atomic E-state index is -0.880. The molecule has 0 fully saturated rings. The van der Waals surface area contributed by atoms with E-state index in [-0.39, 0.29) is 13.0 Å². The summed E-state index contributed by atoms with van der Waals surface area (Å²) in [5.41, 5.74) is 1.06. The molecule has 0 aliphatic rings. The van der Waals surface area contributed by atoms with Gasteiger partial charge in [-0.15, -0.1) is 0 Å². The Morgan fingerprint density at radius 2 is 1.47 bits per heavy atom. The highest BCUT2D eigenvalue weighted by Gasteiger charge is 2.32. The van der Waals surface area contributed by atoms with Crippen molar-refractivity contribution in [3.05, 3.63) is 71.8 Å². The molecule has 7 heteroatoms. The van der Waals surface area contributed by atoms with E-state index in [4.69, 9.17) is 9.47 Å². The topological polar surface area (TPSA) is 84.9 Å². The molecular weight excluding hydrogens is 408 g/mol. The Morgan fingerprint density at radius 3 is 2.00 bits per heavy atom. The van der Waals surface area contributed by atoms with Gasteiger partial charge in [0.25, 0.3) is 0 Å². The standard InChI is InChI=1S/C25H32N2O5/c1-18(26-24(30)32-25(2,3)4)22(28)27(5)21(16-19-12-8-6-9-13-19)23(29)31-17-20-14-10-7-11-15-20/h6-15,18,21H,16-17H2,1-5H3,(H,26,30)/t18-,21+/m0/s1. The van der Waals surface area contributed by atoms with Crippen LogP contribution in [0.4, 0.5) is 4.79 Å². The summed E-state index contributed by atoms with van der Waals surface area (Å²) in [4.78, 5) is 39.3. The number of carbonyl (C=O) groups is 3. The van der Waals surface area contributed by atoms with Gasteiger partial charge >= 0.3 is 12.1 Å². The van der Waals surface area contributed by atoms with Crippen LogP contribution in [0.3, 0.4) is 0 Å². The van der Waals surface area contributed by atoms with Gasteiger partial charge in [0.15, 0.2) is 0 Å². The highest BCUT2D eigenvalue weighted by atomic mass is 16.6. The Hall–Kier alpha value is -3.35. The Balaban J connectivity index is 2.11. The maximum absolute atomic E-state index is 13.0. The lowest BCUT2D eigenvalue weighted by Crippen LogP contribution is -2.52. The lowest BCUT2D eigenvalue weighted by molar-refractivity contribution is -0.155. The van der Waals surface area contributed by atoms with Crippen molar-refractivity contribution in [2.24, 2.45) is 0 Å². The van der Waals surface area contributed by atoms with E-state index >= 15 is 0 Å². The van der Waals surface area contributed by atoms with Crippen molar-refractivity contribution >= 4 is 18.0 Å². The molecule has 2 atom stereocenters. The number of likely N-dealkylation sites (N-methyl/N-ethyl adjacent to an activating group) is 1. The van der Waals surface area contributed by atoms with E-state index in [0.717, 1.165) is 11.1 Å². The van der Waals surface area contributed by atoms with Gasteiger partial charge in [-0.25, -0.2) is 9.59 Å². The average Bonchev–Trinajstić information content (AvgIpc) is 2.74. The van der Waals surface area contributed by atoms with Crippen LogP contribution in [0.5, 0.6) is 0 Å². The number of benzene rings is 2. The number of nitrogens with zero attached hydrogens (tertiary/aromatic N) is 1. The van der Waals surface area contributed by atoms with E-state index in [1.54, 1.807) is 27.7 Å². The van der Waals surface area contributed by atoms with Crippen LogP contribution in [-0.4, -0.2) is 47.6 Å². The van der Waals surface area contributed by atoms with Gasteiger partial charge in [0.2, 0.25) is 5.91 Å². The van der Waals surface area contributed by atoms with E-state index in [0.29, 0.717) is 0 Å². The highest BCUT2D eigenvalue weighted by Crippen LogP contribution is 2.13. The van der Waals surface area contributed by atoms with Gasteiger partial charge in [-0.2, -0.15) is 0 Å². The van der Waals surface area contributed by atoms with Gasteiger partial charge in [-0.05, 0) is 38.8 Å². The number of ether oxygens (including phenoxy) is 2. The van der Waals surface area contributed by atoms with Gasteiger partial charge in [-0.1, -0.05) is 60.7 Å². The number of carbonyl (C=O) groups excluding carboxylic acids is 3. The molecule has 0 spiro atoms. The maximum atomic E-state index is 13.0. The third kappa shape index (κ3) is 8.06. The molecule has 7 nitrogen and oxygen atoms in total. The molecule has 32 heavy (non-hydrogen) atoms. The number of esters is 1. The lowest BCUT2D eigenvalue weighted by atomic mass is 10.0. The zero-order valence-corrected chi connectivity index (χ0v) is 19.3. The van der Waals surface area contributed by atoms with Crippen molar-refractivity contribution in [3.63, 3.8) is 0 Å². The quantitative estimate of drug-likeness (QED) is 0.633. The first kappa shape index (κ1) is 24.9. The van der Waals surface area contributed by atoms with Crippen molar-refractivity contribution < 1.29 is 23.9 Å². The largest absolute Gasteiger partial charge is 0.459 e. The van der Waals surface area contributed by atoms with Crippen LogP contribution in [0.2, 0.25) is 0 Å². The lowest BCUT2D eigenvalue weighted by Gasteiger charge is -2.29. The molecule has 1 N–H and O–H groups in total. The molecule has 0 aromatic heterocycles. The van der Waals surface area contributed by atoms with E-state index in [1.165, 1.54) is 11.9 Å². The minimum absolute atomic E-state index is 0.110. The summed E-state index contributed by atoms with van der Waals surface area (Å²) in [5.74, 6) is -0.938. The summed E-state index contributed by atoms with van der Waals surface area (Å²) in [6.07, 6.45) is -0.409. The fourth-order valence-corrected chi connectivity index (χ4v) is 3.05. The first-order valence-electron chi connectivity index (χ1n) is 10.6. The van der Waals surface area contributed by atoms with Crippen molar-refractivity contribution in [1.82, 2.24) is 10.2 Å². The number of alkyl carbamates (subject to hydrolysis) is 1. The van der Waals surface area contributed by atoms with Crippen molar-refractivity contribution in [2.45, 2.75) is 58.4 Å². The predicted octanol–water partition coefficient (Wildman–Crippen LogP) is 3.71. The second-order valence-electron chi connectivity index (χ2n) is 8.62. The Kier molecular flexibility index (Phi) is 8.81. The Labute approximate surface area is 189 Å². The Morgan fingerprint density at radius 1 is 0.938 bits per heavy atom. The van der Waals surface area contributed by atoms with Crippen LogP contribution in [0.25, 0.3) is 0 Å². The second-order valence-corrected chi connectivity index (χ2v) is 8.62. The van der Waals surface area contributed by atoms with Crippen molar-refractivity contribution in [1.29, 1.82) is 0 Å². The number of nitrogens with one attached hydrogen (secondary N) is 1. The molecule has 172 valence electrons. The van der Waals surface area contributed by atoms with E-state index in [2.05, 4.69) is 5.32 Å². The SMILES string of the molecule is C[C@H](NC(=O)OC(C)(C)C)C(=O)N(C)[C@H](Cc1ccccc1)C(=O)OCc1ccccc1.